The lowest BCUT2D eigenvalue weighted by atomic mass is 9.95. The molecule has 1 aromatic heterocycles. The third-order valence-electron chi connectivity index (χ3n) is 2.38. The third kappa shape index (κ3) is 3.06. The number of aromatic nitrogens is 2. The second-order valence-corrected chi connectivity index (χ2v) is 6.05. The zero-order valence-corrected chi connectivity index (χ0v) is 13.3. The summed E-state index contributed by atoms with van der Waals surface area (Å²) in [7, 11) is 0. The summed E-state index contributed by atoms with van der Waals surface area (Å²) in [5.41, 5.74) is 4.51. The van der Waals surface area contributed by atoms with Crippen molar-refractivity contribution in [2.24, 2.45) is 5.73 Å². The zero-order valence-electron chi connectivity index (χ0n) is 8.94. The normalized spacial score (nSPS) is 16.8. The fourth-order valence-electron chi connectivity index (χ4n) is 1.43. The van der Waals surface area contributed by atoms with Crippen LogP contribution in [0.25, 0.3) is 0 Å². The summed E-state index contributed by atoms with van der Waals surface area (Å²) in [4.78, 5) is 15.1. The maximum absolute atomic E-state index is 10.9. The Kier molecular flexibility index (Phi) is 4.57. The summed E-state index contributed by atoms with van der Waals surface area (Å²) < 4.78 is 3.86. The number of hydrogen-bond acceptors (Lipinski definition) is 3. The molecule has 1 aromatic rings. The zero-order chi connectivity index (χ0) is 12.5. The molecule has 0 saturated heterocycles. The number of imidazole rings is 1. The van der Waals surface area contributed by atoms with E-state index in [4.69, 9.17) is 10.8 Å². The van der Waals surface area contributed by atoms with Crippen molar-refractivity contribution in [1.82, 2.24) is 9.55 Å². The van der Waals surface area contributed by atoms with Gasteiger partial charge in [0.25, 0.3) is 0 Å². The molecule has 7 heteroatoms. The molecule has 0 fully saturated rings. The number of nitrogens with zero attached hydrogens (tertiary/aromatic N) is 2. The SMILES string of the molecule is CC(CC(C)(N)C(=O)O)n1cnc(I)c1I. The van der Waals surface area contributed by atoms with Gasteiger partial charge < -0.3 is 15.4 Å². The van der Waals surface area contributed by atoms with Crippen LogP contribution in [0.5, 0.6) is 0 Å². The number of aliphatic carboxylic acids is 1. The molecule has 0 spiro atoms. The van der Waals surface area contributed by atoms with Gasteiger partial charge >= 0.3 is 5.97 Å². The van der Waals surface area contributed by atoms with Gasteiger partial charge in [0.15, 0.2) is 0 Å². The smallest absolute Gasteiger partial charge is 0.323 e. The lowest BCUT2D eigenvalue weighted by molar-refractivity contribution is -0.143. The molecular formula is C9H13I2N3O2. The molecule has 0 aromatic carbocycles. The Morgan fingerprint density at radius 2 is 2.31 bits per heavy atom. The van der Waals surface area contributed by atoms with Gasteiger partial charge in [0, 0.05) is 6.04 Å². The first kappa shape index (κ1) is 14.2. The number of carboxylic acids is 1. The van der Waals surface area contributed by atoms with Gasteiger partial charge in [0.05, 0.1) is 6.33 Å². The van der Waals surface area contributed by atoms with Crippen molar-refractivity contribution < 1.29 is 9.90 Å². The standard InChI is InChI=1S/C9H13I2N3O2/c1-5(3-9(2,12)8(15)16)14-4-13-6(10)7(14)11/h4-5H,3,12H2,1-2H3,(H,15,16). The minimum absolute atomic E-state index is 0.00835. The molecule has 0 aliphatic carbocycles. The molecule has 0 aliphatic heterocycles. The Bertz CT molecular complexity index is 403. The number of nitrogens with two attached hydrogens (primary N) is 1. The van der Waals surface area contributed by atoms with E-state index < -0.39 is 11.5 Å². The first-order chi connectivity index (χ1) is 7.25. The average molecular weight is 449 g/mol. The highest BCUT2D eigenvalue weighted by atomic mass is 127. The van der Waals surface area contributed by atoms with Crippen LogP contribution in [0.3, 0.4) is 0 Å². The van der Waals surface area contributed by atoms with Crippen molar-refractivity contribution in [2.45, 2.75) is 31.8 Å². The van der Waals surface area contributed by atoms with Crippen LogP contribution in [-0.4, -0.2) is 26.2 Å². The van der Waals surface area contributed by atoms with E-state index in [1.807, 2.05) is 11.5 Å². The van der Waals surface area contributed by atoms with Crippen molar-refractivity contribution >= 4 is 51.2 Å². The second kappa shape index (κ2) is 5.17. The van der Waals surface area contributed by atoms with Crippen LogP contribution in [-0.2, 0) is 4.79 Å². The quantitative estimate of drug-likeness (QED) is 0.689. The second-order valence-electron chi connectivity index (χ2n) is 4.01. The summed E-state index contributed by atoms with van der Waals surface area (Å²) in [5, 5.41) is 8.96. The molecule has 0 saturated carbocycles. The Morgan fingerprint density at radius 3 is 2.69 bits per heavy atom. The van der Waals surface area contributed by atoms with Crippen molar-refractivity contribution in [1.29, 1.82) is 0 Å². The number of rotatable bonds is 4. The van der Waals surface area contributed by atoms with Crippen LogP contribution < -0.4 is 5.73 Å². The highest BCUT2D eigenvalue weighted by Gasteiger charge is 2.31. The van der Waals surface area contributed by atoms with E-state index in [0.29, 0.717) is 6.42 Å². The third-order valence-corrected chi connectivity index (χ3v) is 5.26. The van der Waals surface area contributed by atoms with Crippen LogP contribution in [0, 0.1) is 7.40 Å². The summed E-state index contributed by atoms with van der Waals surface area (Å²) >= 11 is 4.33. The average Bonchev–Trinajstić information content (AvgIpc) is 2.46. The molecule has 0 bridgehead atoms. The predicted octanol–water partition coefficient (Wildman–Crippen LogP) is 1.85. The number of carboxylic acid groups (broad SMARTS) is 1. The lowest BCUT2D eigenvalue weighted by Crippen LogP contribution is -2.46. The number of hydrogen-bond donors (Lipinski definition) is 2. The largest absolute Gasteiger partial charge is 0.480 e. The minimum Gasteiger partial charge on any atom is -0.480 e. The van der Waals surface area contributed by atoms with Gasteiger partial charge in [-0.25, -0.2) is 4.98 Å². The summed E-state index contributed by atoms with van der Waals surface area (Å²) in [6, 6.07) is 0.00835. The van der Waals surface area contributed by atoms with E-state index in [1.54, 1.807) is 6.33 Å². The van der Waals surface area contributed by atoms with Crippen LogP contribution in [0.15, 0.2) is 6.33 Å². The van der Waals surface area contributed by atoms with E-state index in [9.17, 15) is 4.79 Å². The van der Waals surface area contributed by atoms with Gasteiger partial charge in [-0.05, 0) is 65.5 Å². The molecule has 0 amide bonds. The Balaban J connectivity index is 2.84. The van der Waals surface area contributed by atoms with Crippen molar-refractivity contribution in [3.63, 3.8) is 0 Å². The molecule has 0 radical (unpaired) electrons. The molecule has 1 rings (SSSR count). The first-order valence-electron chi connectivity index (χ1n) is 4.66. The maximum atomic E-state index is 10.9. The summed E-state index contributed by atoms with van der Waals surface area (Å²) in [6.07, 6.45) is 2.08. The molecule has 2 atom stereocenters. The Morgan fingerprint density at radius 1 is 1.75 bits per heavy atom. The van der Waals surface area contributed by atoms with E-state index in [0.717, 1.165) is 7.40 Å². The highest BCUT2D eigenvalue weighted by Crippen LogP contribution is 2.23. The monoisotopic (exact) mass is 449 g/mol. The first-order valence-corrected chi connectivity index (χ1v) is 6.81. The van der Waals surface area contributed by atoms with Crippen molar-refractivity contribution in [3.8, 4) is 0 Å². The Hall–Kier alpha value is 0.100. The number of halogens is 2. The molecule has 0 aliphatic rings. The van der Waals surface area contributed by atoms with Gasteiger partial charge in [0.1, 0.15) is 12.9 Å². The lowest BCUT2D eigenvalue weighted by Gasteiger charge is -2.24. The molecule has 1 heterocycles. The van der Waals surface area contributed by atoms with Crippen LogP contribution in [0.4, 0.5) is 0 Å². The summed E-state index contributed by atoms with van der Waals surface area (Å²) in [5.74, 6) is -0.982. The molecular weight excluding hydrogens is 436 g/mol. The maximum Gasteiger partial charge on any atom is 0.323 e. The van der Waals surface area contributed by atoms with Gasteiger partial charge in [0.2, 0.25) is 0 Å². The predicted molar refractivity (Wildman–Crippen MR) is 77.2 cm³/mol. The van der Waals surface area contributed by atoms with Crippen LogP contribution in [0.1, 0.15) is 26.3 Å². The van der Waals surface area contributed by atoms with E-state index in [2.05, 4.69) is 50.2 Å². The molecule has 16 heavy (non-hydrogen) atoms. The van der Waals surface area contributed by atoms with Gasteiger partial charge in [-0.3, -0.25) is 4.79 Å². The number of carbonyl (C=O) groups is 1. The van der Waals surface area contributed by atoms with E-state index in [1.165, 1.54) is 6.92 Å². The summed E-state index contributed by atoms with van der Waals surface area (Å²) in [6.45, 7) is 3.47. The van der Waals surface area contributed by atoms with E-state index in [-0.39, 0.29) is 6.04 Å². The van der Waals surface area contributed by atoms with Gasteiger partial charge in [-0.1, -0.05) is 0 Å². The molecule has 3 N–H and O–H groups in total. The van der Waals surface area contributed by atoms with E-state index >= 15 is 0 Å². The Labute approximate surface area is 121 Å². The molecule has 5 nitrogen and oxygen atoms in total. The van der Waals surface area contributed by atoms with Crippen molar-refractivity contribution in [2.75, 3.05) is 0 Å². The highest BCUT2D eigenvalue weighted by molar-refractivity contribution is 14.1. The molecule has 90 valence electrons. The van der Waals surface area contributed by atoms with Gasteiger partial charge in [-0.2, -0.15) is 0 Å². The van der Waals surface area contributed by atoms with Crippen molar-refractivity contribution in [3.05, 3.63) is 13.7 Å². The minimum atomic E-state index is -1.21. The van der Waals surface area contributed by atoms with Crippen LogP contribution >= 0.6 is 45.2 Å². The fourth-order valence-corrected chi connectivity index (χ4v) is 2.57. The molecule has 2 unspecified atom stereocenters. The topological polar surface area (TPSA) is 81.1 Å². The van der Waals surface area contributed by atoms with Crippen LogP contribution in [0.2, 0.25) is 0 Å². The van der Waals surface area contributed by atoms with Gasteiger partial charge in [-0.15, -0.1) is 0 Å². The fraction of sp³-hybridized carbons (Fsp3) is 0.556.